The van der Waals surface area contributed by atoms with Crippen LogP contribution in [0.4, 0.5) is 0 Å². The molecule has 2 heterocycles. The zero-order chi connectivity index (χ0) is 21.2. The molecule has 1 aliphatic rings. The second-order valence-corrected chi connectivity index (χ2v) is 8.31. The fourth-order valence-corrected chi connectivity index (χ4v) is 3.26. The van der Waals surface area contributed by atoms with Crippen molar-refractivity contribution in [2.24, 2.45) is 16.8 Å². The molecule has 0 amide bonds. The van der Waals surface area contributed by atoms with Gasteiger partial charge in [0.1, 0.15) is 11.5 Å². The van der Waals surface area contributed by atoms with Crippen molar-refractivity contribution in [2.75, 3.05) is 32.9 Å². The van der Waals surface area contributed by atoms with Gasteiger partial charge < -0.3 is 24.5 Å². The van der Waals surface area contributed by atoms with Crippen LogP contribution in [0.15, 0.2) is 52.1 Å². The molecule has 2 atom stereocenters. The molecule has 3 rings (SSSR count). The molecular formula is C24H35N3O3. The highest BCUT2D eigenvalue weighted by atomic mass is 16.5. The van der Waals surface area contributed by atoms with Gasteiger partial charge in [-0.05, 0) is 49.1 Å². The Bertz CT molecular complexity index is 751. The summed E-state index contributed by atoms with van der Waals surface area (Å²) in [5.41, 5.74) is 1.19. The average molecular weight is 414 g/mol. The maximum absolute atomic E-state index is 5.79. The summed E-state index contributed by atoms with van der Waals surface area (Å²) in [6.07, 6.45) is 3.60. The van der Waals surface area contributed by atoms with Gasteiger partial charge in [0.15, 0.2) is 5.96 Å². The molecule has 0 saturated carbocycles. The fourth-order valence-electron chi connectivity index (χ4n) is 3.26. The van der Waals surface area contributed by atoms with E-state index in [0.717, 1.165) is 63.2 Å². The first kappa shape index (κ1) is 22.2. The standard InChI is InChI=1S/C24H35N3O3/c1-18(2)16-30-23-8-6-21(7-9-23)19(3)27-24(26-15-20-11-14-28-17-20)25-12-10-22-5-4-13-29-22/h4-9,13,18-20H,10-12,14-17H2,1-3H3,(H2,25,26,27). The third kappa shape index (κ3) is 7.41. The van der Waals surface area contributed by atoms with Crippen LogP contribution >= 0.6 is 0 Å². The highest BCUT2D eigenvalue weighted by molar-refractivity contribution is 5.80. The lowest BCUT2D eigenvalue weighted by atomic mass is 10.1. The third-order valence-corrected chi connectivity index (χ3v) is 5.09. The summed E-state index contributed by atoms with van der Waals surface area (Å²) >= 11 is 0. The van der Waals surface area contributed by atoms with Crippen molar-refractivity contribution < 1.29 is 13.9 Å². The van der Waals surface area contributed by atoms with Crippen molar-refractivity contribution in [3.63, 3.8) is 0 Å². The lowest BCUT2D eigenvalue weighted by Crippen LogP contribution is -2.40. The Morgan fingerprint density at radius 1 is 1.20 bits per heavy atom. The van der Waals surface area contributed by atoms with E-state index in [1.54, 1.807) is 6.26 Å². The van der Waals surface area contributed by atoms with E-state index in [2.05, 4.69) is 43.5 Å². The zero-order valence-electron chi connectivity index (χ0n) is 18.4. The number of ether oxygens (including phenoxy) is 2. The van der Waals surface area contributed by atoms with Gasteiger partial charge in [0.25, 0.3) is 0 Å². The number of rotatable bonds is 10. The van der Waals surface area contributed by atoms with Crippen molar-refractivity contribution in [1.29, 1.82) is 0 Å². The molecule has 0 radical (unpaired) electrons. The van der Waals surface area contributed by atoms with E-state index in [0.29, 0.717) is 11.8 Å². The molecule has 0 aliphatic carbocycles. The van der Waals surface area contributed by atoms with Crippen LogP contribution in [-0.4, -0.2) is 38.9 Å². The van der Waals surface area contributed by atoms with Crippen LogP contribution in [-0.2, 0) is 11.2 Å². The minimum atomic E-state index is 0.124. The van der Waals surface area contributed by atoms with Crippen LogP contribution in [0.3, 0.4) is 0 Å². The summed E-state index contributed by atoms with van der Waals surface area (Å²) in [5, 5.41) is 6.97. The molecule has 1 fully saturated rings. The van der Waals surface area contributed by atoms with Crippen molar-refractivity contribution in [1.82, 2.24) is 10.6 Å². The summed E-state index contributed by atoms with van der Waals surface area (Å²) in [4.78, 5) is 4.82. The highest BCUT2D eigenvalue weighted by Gasteiger charge is 2.16. The Morgan fingerprint density at radius 3 is 2.70 bits per heavy atom. The van der Waals surface area contributed by atoms with Gasteiger partial charge in [0.2, 0.25) is 0 Å². The lowest BCUT2D eigenvalue weighted by Gasteiger charge is -2.19. The molecule has 2 aromatic rings. The molecule has 1 aromatic carbocycles. The smallest absolute Gasteiger partial charge is 0.191 e. The van der Waals surface area contributed by atoms with Gasteiger partial charge in [-0.25, -0.2) is 0 Å². The van der Waals surface area contributed by atoms with Gasteiger partial charge in [-0.1, -0.05) is 26.0 Å². The molecule has 6 heteroatoms. The van der Waals surface area contributed by atoms with E-state index in [4.69, 9.17) is 18.9 Å². The van der Waals surface area contributed by atoms with Crippen molar-refractivity contribution in [3.05, 3.63) is 54.0 Å². The maximum Gasteiger partial charge on any atom is 0.191 e. The molecule has 2 N–H and O–H groups in total. The van der Waals surface area contributed by atoms with Crippen molar-refractivity contribution in [2.45, 2.75) is 39.7 Å². The Morgan fingerprint density at radius 2 is 2.03 bits per heavy atom. The number of furan rings is 1. The van der Waals surface area contributed by atoms with Crippen LogP contribution < -0.4 is 15.4 Å². The second kappa shape index (κ2) is 11.6. The van der Waals surface area contributed by atoms with E-state index < -0.39 is 0 Å². The van der Waals surface area contributed by atoms with E-state index >= 15 is 0 Å². The quantitative estimate of drug-likeness (QED) is 0.452. The maximum atomic E-state index is 5.79. The predicted molar refractivity (Wildman–Crippen MR) is 120 cm³/mol. The molecule has 30 heavy (non-hydrogen) atoms. The molecule has 1 aliphatic heterocycles. The van der Waals surface area contributed by atoms with Crippen LogP contribution in [0, 0.1) is 11.8 Å². The van der Waals surface area contributed by atoms with Gasteiger partial charge in [-0.3, -0.25) is 4.99 Å². The zero-order valence-corrected chi connectivity index (χ0v) is 18.4. The van der Waals surface area contributed by atoms with Crippen molar-refractivity contribution >= 4 is 5.96 Å². The minimum absolute atomic E-state index is 0.124. The number of aliphatic imine (C=N–C) groups is 1. The first-order valence-electron chi connectivity index (χ1n) is 11.0. The summed E-state index contributed by atoms with van der Waals surface area (Å²) in [6, 6.07) is 12.3. The highest BCUT2D eigenvalue weighted by Crippen LogP contribution is 2.18. The number of nitrogens with one attached hydrogen (secondary N) is 2. The molecule has 0 bridgehead atoms. The van der Waals surface area contributed by atoms with Crippen LogP contribution in [0.2, 0.25) is 0 Å². The summed E-state index contributed by atoms with van der Waals surface area (Å²) in [5.74, 6) is 3.71. The minimum Gasteiger partial charge on any atom is -0.493 e. The van der Waals surface area contributed by atoms with Gasteiger partial charge in [0, 0.05) is 32.0 Å². The first-order chi connectivity index (χ1) is 14.6. The Balaban J connectivity index is 1.56. The Hall–Kier alpha value is -2.47. The molecule has 1 saturated heterocycles. The van der Waals surface area contributed by atoms with Gasteiger partial charge >= 0.3 is 0 Å². The number of hydrogen-bond donors (Lipinski definition) is 2. The topological polar surface area (TPSA) is 68.0 Å². The molecule has 1 aromatic heterocycles. The predicted octanol–water partition coefficient (Wildman–Crippen LogP) is 4.19. The number of nitrogens with zero attached hydrogens (tertiary/aromatic N) is 1. The molecule has 0 spiro atoms. The average Bonchev–Trinajstić information content (AvgIpc) is 3.45. The monoisotopic (exact) mass is 413 g/mol. The molecule has 6 nitrogen and oxygen atoms in total. The van der Waals surface area contributed by atoms with Crippen molar-refractivity contribution in [3.8, 4) is 5.75 Å². The molecule has 2 unspecified atom stereocenters. The van der Waals surface area contributed by atoms with E-state index in [1.807, 2.05) is 24.3 Å². The molecular weight excluding hydrogens is 378 g/mol. The molecule has 164 valence electrons. The first-order valence-corrected chi connectivity index (χ1v) is 11.0. The number of guanidine groups is 1. The fraction of sp³-hybridized carbons (Fsp3) is 0.542. The van der Waals surface area contributed by atoms with E-state index in [9.17, 15) is 0 Å². The van der Waals surface area contributed by atoms with Gasteiger partial charge in [0.05, 0.1) is 25.5 Å². The van der Waals surface area contributed by atoms with Crippen LogP contribution in [0.1, 0.15) is 44.6 Å². The van der Waals surface area contributed by atoms with Gasteiger partial charge in [-0.15, -0.1) is 0 Å². The van der Waals surface area contributed by atoms with Gasteiger partial charge in [-0.2, -0.15) is 0 Å². The Labute approximate surface area is 180 Å². The summed E-state index contributed by atoms with van der Waals surface area (Å²) < 4.78 is 16.7. The lowest BCUT2D eigenvalue weighted by molar-refractivity contribution is 0.187. The van der Waals surface area contributed by atoms with E-state index in [-0.39, 0.29) is 6.04 Å². The Kier molecular flexibility index (Phi) is 8.63. The van der Waals surface area contributed by atoms with Crippen LogP contribution in [0.5, 0.6) is 5.75 Å². The third-order valence-electron chi connectivity index (χ3n) is 5.09. The number of hydrogen-bond acceptors (Lipinski definition) is 4. The second-order valence-electron chi connectivity index (χ2n) is 8.31. The SMILES string of the molecule is CC(C)COc1ccc(C(C)NC(=NCC2CCOC2)NCCc2ccco2)cc1. The summed E-state index contributed by atoms with van der Waals surface area (Å²) in [7, 11) is 0. The largest absolute Gasteiger partial charge is 0.493 e. The number of benzene rings is 1. The normalized spacial score (nSPS) is 17.9. The summed E-state index contributed by atoms with van der Waals surface area (Å²) in [6.45, 7) is 10.4. The van der Waals surface area contributed by atoms with E-state index in [1.165, 1.54) is 5.56 Å². The van der Waals surface area contributed by atoms with Crippen LogP contribution in [0.25, 0.3) is 0 Å².